The maximum atomic E-state index is 13.9. The summed E-state index contributed by atoms with van der Waals surface area (Å²) in [5.74, 6) is 0.247. The molecule has 0 saturated heterocycles. The minimum Gasteiger partial charge on any atom is -0.487 e. The summed E-state index contributed by atoms with van der Waals surface area (Å²) in [5, 5.41) is 17.6. The molecule has 2 heterocycles. The standard InChI is InChI=1S/C23H25FN4O4/c24-15-3-5-20-17(10-15)19(12-23(32-20)6-1-7-23)26-21(30)25-16-4-2-14-13-28(8-9-29)22(31)27-18(14)11-16/h2-5,10-11,19,29H,1,6-9,12-13H2,(H,27,31)(H2,25,26,30)/t19-/m0/s1. The van der Waals surface area contributed by atoms with E-state index in [0.29, 0.717) is 35.7 Å². The molecule has 4 amide bonds. The second-order valence-corrected chi connectivity index (χ2v) is 8.62. The van der Waals surface area contributed by atoms with E-state index in [1.165, 1.54) is 17.0 Å². The van der Waals surface area contributed by atoms with Crippen molar-refractivity contribution in [3.63, 3.8) is 0 Å². The molecule has 1 aliphatic carbocycles. The summed E-state index contributed by atoms with van der Waals surface area (Å²) < 4.78 is 20.0. The number of rotatable bonds is 4. The topological polar surface area (TPSA) is 103 Å². The third-order valence-corrected chi connectivity index (χ3v) is 6.45. The zero-order valence-corrected chi connectivity index (χ0v) is 17.5. The van der Waals surface area contributed by atoms with Crippen molar-refractivity contribution in [2.75, 3.05) is 23.8 Å². The van der Waals surface area contributed by atoms with Crippen LogP contribution in [-0.4, -0.2) is 40.8 Å². The normalized spacial score (nSPS) is 20.4. The van der Waals surface area contributed by atoms with Crippen molar-refractivity contribution < 1.29 is 23.8 Å². The van der Waals surface area contributed by atoms with Gasteiger partial charge in [-0.25, -0.2) is 14.0 Å². The fourth-order valence-corrected chi connectivity index (χ4v) is 4.65. The number of benzene rings is 2. The third-order valence-electron chi connectivity index (χ3n) is 6.45. The van der Waals surface area contributed by atoms with Gasteiger partial charge >= 0.3 is 12.1 Å². The fraction of sp³-hybridized carbons (Fsp3) is 0.391. The predicted molar refractivity (Wildman–Crippen MR) is 116 cm³/mol. The average molecular weight is 440 g/mol. The molecule has 4 N–H and O–H groups in total. The highest BCUT2D eigenvalue weighted by atomic mass is 19.1. The highest BCUT2D eigenvalue weighted by Gasteiger charge is 2.46. The van der Waals surface area contributed by atoms with Gasteiger partial charge in [-0.2, -0.15) is 0 Å². The maximum Gasteiger partial charge on any atom is 0.322 e. The molecule has 2 aromatic rings. The van der Waals surface area contributed by atoms with E-state index in [2.05, 4.69) is 16.0 Å². The average Bonchev–Trinajstić information content (AvgIpc) is 2.73. The zero-order chi connectivity index (χ0) is 22.3. The Labute approximate surface area is 184 Å². The quantitative estimate of drug-likeness (QED) is 0.582. The van der Waals surface area contributed by atoms with Crippen molar-refractivity contribution in [2.24, 2.45) is 0 Å². The molecule has 1 fully saturated rings. The summed E-state index contributed by atoms with van der Waals surface area (Å²) in [6, 6.07) is 8.64. The molecule has 0 bridgehead atoms. The summed E-state index contributed by atoms with van der Waals surface area (Å²) in [6.07, 6.45) is 3.51. The van der Waals surface area contributed by atoms with Crippen molar-refractivity contribution in [2.45, 2.75) is 43.9 Å². The Bertz CT molecular complexity index is 1070. The number of amides is 4. The smallest absolute Gasteiger partial charge is 0.322 e. The number of nitrogens with one attached hydrogen (secondary N) is 3. The summed E-state index contributed by atoms with van der Waals surface area (Å²) in [6.45, 7) is 0.534. The van der Waals surface area contributed by atoms with Gasteiger partial charge in [0.05, 0.1) is 12.6 Å². The second kappa shape index (κ2) is 7.98. The molecule has 1 saturated carbocycles. The molecule has 1 atom stereocenters. The molecule has 32 heavy (non-hydrogen) atoms. The van der Waals surface area contributed by atoms with Gasteiger partial charge in [-0.1, -0.05) is 6.07 Å². The first-order valence-corrected chi connectivity index (χ1v) is 10.8. The van der Waals surface area contributed by atoms with Gasteiger partial charge in [-0.15, -0.1) is 0 Å². The van der Waals surface area contributed by atoms with Crippen LogP contribution in [-0.2, 0) is 6.54 Å². The summed E-state index contributed by atoms with van der Waals surface area (Å²) >= 11 is 0. The number of carbonyl (C=O) groups is 2. The van der Waals surface area contributed by atoms with Crippen LogP contribution in [0.5, 0.6) is 5.75 Å². The van der Waals surface area contributed by atoms with Gasteiger partial charge in [0.2, 0.25) is 0 Å². The van der Waals surface area contributed by atoms with E-state index in [1.54, 1.807) is 18.2 Å². The first-order chi connectivity index (χ1) is 15.4. The van der Waals surface area contributed by atoms with E-state index in [4.69, 9.17) is 9.84 Å². The SMILES string of the molecule is O=C(Nc1ccc2c(c1)NC(=O)N(CCO)C2)N[C@H]1CC2(CCC2)Oc2ccc(F)cc21. The number of fused-ring (bicyclic) bond motifs is 2. The van der Waals surface area contributed by atoms with Gasteiger partial charge in [0.15, 0.2) is 0 Å². The van der Waals surface area contributed by atoms with Crippen LogP contribution in [0.4, 0.5) is 25.4 Å². The third kappa shape index (κ3) is 3.84. The Kier molecular flexibility index (Phi) is 5.13. The second-order valence-electron chi connectivity index (χ2n) is 8.62. The minimum absolute atomic E-state index is 0.108. The molecular weight excluding hydrogens is 415 g/mol. The fourth-order valence-electron chi connectivity index (χ4n) is 4.65. The number of β-amino-alcohol motifs (C(OH)–C–C–N with tert-alkyl or cyclic N) is 1. The lowest BCUT2D eigenvalue weighted by molar-refractivity contribution is -0.0355. The monoisotopic (exact) mass is 440 g/mol. The molecule has 0 aromatic heterocycles. The lowest BCUT2D eigenvalue weighted by Crippen LogP contribution is -2.50. The molecule has 0 radical (unpaired) electrons. The van der Waals surface area contributed by atoms with Gasteiger partial charge in [0, 0.05) is 36.4 Å². The molecule has 8 nitrogen and oxygen atoms in total. The summed E-state index contributed by atoms with van der Waals surface area (Å²) in [4.78, 5) is 26.4. The van der Waals surface area contributed by atoms with Crippen LogP contribution in [0.1, 0.15) is 42.9 Å². The van der Waals surface area contributed by atoms with Crippen molar-refractivity contribution in [1.82, 2.24) is 10.2 Å². The van der Waals surface area contributed by atoms with E-state index < -0.39 is 6.03 Å². The van der Waals surface area contributed by atoms with E-state index >= 15 is 0 Å². The molecular formula is C23H25FN4O4. The minimum atomic E-state index is -0.412. The van der Waals surface area contributed by atoms with Crippen molar-refractivity contribution >= 4 is 23.4 Å². The van der Waals surface area contributed by atoms with Crippen molar-refractivity contribution in [3.05, 3.63) is 53.3 Å². The van der Waals surface area contributed by atoms with Gasteiger partial charge < -0.3 is 30.7 Å². The first kappa shape index (κ1) is 20.6. The van der Waals surface area contributed by atoms with Crippen LogP contribution < -0.4 is 20.7 Å². The number of hydrogen-bond donors (Lipinski definition) is 4. The molecule has 5 rings (SSSR count). The number of anilines is 2. The molecule has 1 spiro atoms. The highest BCUT2D eigenvalue weighted by Crippen LogP contribution is 2.48. The molecule has 2 aliphatic heterocycles. The summed E-state index contributed by atoms with van der Waals surface area (Å²) in [5.41, 5.74) is 2.39. The Balaban J connectivity index is 1.30. The van der Waals surface area contributed by atoms with Crippen LogP contribution in [0, 0.1) is 5.82 Å². The maximum absolute atomic E-state index is 13.9. The molecule has 3 aliphatic rings. The van der Waals surface area contributed by atoms with Gasteiger partial charge in [0.1, 0.15) is 17.2 Å². The number of aliphatic hydroxyl groups excluding tert-OH is 1. The Morgan fingerprint density at radius 3 is 2.88 bits per heavy atom. The van der Waals surface area contributed by atoms with Gasteiger partial charge in [-0.05, 0) is 55.2 Å². The Hall–Kier alpha value is -3.33. The number of carbonyl (C=O) groups excluding carboxylic acids is 2. The first-order valence-electron chi connectivity index (χ1n) is 10.8. The van der Waals surface area contributed by atoms with E-state index in [0.717, 1.165) is 24.8 Å². The Morgan fingerprint density at radius 1 is 1.28 bits per heavy atom. The van der Waals surface area contributed by atoms with Crippen LogP contribution >= 0.6 is 0 Å². The molecule has 168 valence electrons. The number of ether oxygens (including phenoxy) is 1. The molecule has 2 aromatic carbocycles. The van der Waals surface area contributed by atoms with E-state index in [-0.39, 0.29) is 36.6 Å². The number of halogens is 1. The van der Waals surface area contributed by atoms with Crippen LogP contribution in [0.3, 0.4) is 0 Å². The van der Waals surface area contributed by atoms with Crippen molar-refractivity contribution in [1.29, 1.82) is 0 Å². The zero-order valence-electron chi connectivity index (χ0n) is 17.5. The number of hydrogen-bond acceptors (Lipinski definition) is 4. The lowest BCUT2D eigenvalue weighted by atomic mass is 9.73. The highest BCUT2D eigenvalue weighted by molar-refractivity contribution is 5.95. The largest absolute Gasteiger partial charge is 0.487 e. The van der Waals surface area contributed by atoms with Gasteiger partial charge in [-0.3, -0.25) is 0 Å². The van der Waals surface area contributed by atoms with Crippen molar-refractivity contribution in [3.8, 4) is 5.75 Å². The summed E-state index contributed by atoms with van der Waals surface area (Å²) in [7, 11) is 0. The van der Waals surface area contributed by atoms with Crippen LogP contribution in [0.25, 0.3) is 0 Å². The molecule has 9 heteroatoms. The lowest BCUT2D eigenvalue weighted by Gasteiger charge is -2.48. The number of nitrogens with zero attached hydrogens (tertiary/aromatic N) is 1. The van der Waals surface area contributed by atoms with Crippen LogP contribution in [0.2, 0.25) is 0 Å². The number of aliphatic hydroxyl groups is 1. The van der Waals surface area contributed by atoms with Gasteiger partial charge in [0.25, 0.3) is 0 Å². The van der Waals surface area contributed by atoms with E-state index in [9.17, 15) is 14.0 Å². The van der Waals surface area contributed by atoms with Crippen LogP contribution in [0.15, 0.2) is 36.4 Å². The van der Waals surface area contributed by atoms with E-state index in [1.807, 2.05) is 6.07 Å². The molecule has 0 unspecified atom stereocenters. The predicted octanol–water partition coefficient (Wildman–Crippen LogP) is 3.73. The Morgan fingerprint density at radius 2 is 2.12 bits per heavy atom. The number of urea groups is 2.